The summed E-state index contributed by atoms with van der Waals surface area (Å²) in [6.45, 7) is 0.728. The van der Waals surface area contributed by atoms with Gasteiger partial charge in [-0.05, 0) is 50.7 Å². The van der Waals surface area contributed by atoms with Crippen LogP contribution in [0, 0.1) is 0 Å². The number of ketones is 2. The molecule has 0 amide bonds. The number of esters is 2. The molecular weight excluding hydrogens is 408 g/mol. The third kappa shape index (κ3) is 17.4. The van der Waals surface area contributed by atoms with Crippen molar-refractivity contribution in [1.29, 1.82) is 0 Å². The molecular formula is C26H40O6. The fraction of sp³-hybridized carbons (Fsp3) is 0.692. The minimum atomic E-state index is -0.445. The molecule has 0 N–H and O–H groups in total. The molecule has 32 heavy (non-hydrogen) atoms. The molecule has 1 rings (SSSR count). The molecule has 6 heteroatoms. The van der Waals surface area contributed by atoms with Crippen LogP contribution < -0.4 is 0 Å². The van der Waals surface area contributed by atoms with Crippen LogP contribution in [0.2, 0.25) is 0 Å². The molecule has 0 saturated carbocycles. The molecule has 6 nitrogen and oxygen atoms in total. The van der Waals surface area contributed by atoms with Crippen LogP contribution >= 0.6 is 0 Å². The lowest BCUT2D eigenvalue weighted by Gasteiger charge is -2.04. The molecule has 0 aromatic rings. The maximum absolute atomic E-state index is 11.8. The predicted octanol–water partition coefficient (Wildman–Crippen LogP) is 5.58. The first kappa shape index (κ1) is 27.8. The molecule has 0 unspecified atom stereocenters. The Balaban J connectivity index is 2.34. The minimum absolute atomic E-state index is 0.183. The van der Waals surface area contributed by atoms with Gasteiger partial charge < -0.3 is 9.47 Å². The number of rotatable bonds is 0. The van der Waals surface area contributed by atoms with E-state index in [0.717, 1.165) is 89.9 Å². The lowest BCUT2D eigenvalue weighted by atomic mass is 10.1. The summed E-state index contributed by atoms with van der Waals surface area (Å²) in [5, 5.41) is 0. The highest BCUT2D eigenvalue weighted by Gasteiger charge is 2.09. The quantitative estimate of drug-likeness (QED) is 0.355. The first-order valence-electron chi connectivity index (χ1n) is 12.3. The maximum Gasteiger partial charge on any atom is 0.313 e. The number of carbonyl (C=O) groups is 4. The van der Waals surface area contributed by atoms with Crippen molar-refractivity contribution in [3.63, 3.8) is 0 Å². The average molecular weight is 449 g/mol. The van der Waals surface area contributed by atoms with E-state index >= 15 is 0 Å². The Hall–Kier alpha value is -2.24. The molecule has 1 aliphatic rings. The summed E-state index contributed by atoms with van der Waals surface area (Å²) in [6, 6.07) is 0. The van der Waals surface area contributed by atoms with Crippen LogP contribution in [-0.2, 0) is 28.7 Å². The van der Waals surface area contributed by atoms with Crippen molar-refractivity contribution >= 4 is 23.5 Å². The molecule has 1 aliphatic heterocycles. The van der Waals surface area contributed by atoms with Crippen LogP contribution in [0.25, 0.3) is 0 Å². The van der Waals surface area contributed by atoms with Gasteiger partial charge in [-0.2, -0.15) is 0 Å². The summed E-state index contributed by atoms with van der Waals surface area (Å²) in [6.07, 6.45) is 19.9. The van der Waals surface area contributed by atoms with E-state index in [2.05, 4.69) is 0 Å². The minimum Gasteiger partial charge on any atom is -0.465 e. The van der Waals surface area contributed by atoms with E-state index in [4.69, 9.17) is 9.47 Å². The molecule has 0 aromatic heterocycles. The Morgan fingerprint density at radius 2 is 0.812 bits per heavy atom. The molecule has 0 radical (unpaired) electrons. The van der Waals surface area contributed by atoms with E-state index in [1.54, 1.807) is 0 Å². The molecule has 0 atom stereocenters. The van der Waals surface area contributed by atoms with Crippen LogP contribution in [0.5, 0.6) is 0 Å². The highest BCUT2D eigenvalue weighted by atomic mass is 16.5. The number of cyclic esters (lactones) is 2. The van der Waals surface area contributed by atoms with E-state index in [9.17, 15) is 19.2 Å². The smallest absolute Gasteiger partial charge is 0.313 e. The van der Waals surface area contributed by atoms with Gasteiger partial charge in [0.15, 0.2) is 11.6 Å². The van der Waals surface area contributed by atoms with Gasteiger partial charge in [0.05, 0.1) is 13.2 Å². The van der Waals surface area contributed by atoms with E-state index < -0.39 is 11.9 Å². The van der Waals surface area contributed by atoms with Crippen LogP contribution in [0.1, 0.15) is 103 Å². The monoisotopic (exact) mass is 448 g/mol. The van der Waals surface area contributed by atoms with Gasteiger partial charge in [0.1, 0.15) is 12.8 Å². The predicted molar refractivity (Wildman–Crippen MR) is 124 cm³/mol. The Bertz CT molecular complexity index is 566. The van der Waals surface area contributed by atoms with Gasteiger partial charge in [0, 0.05) is 0 Å². The van der Waals surface area contributed by atoms with E-state index in [1.165, 1.54) is 12.2 Å². The van der Waals surface area contributed by atoms with Crippen LogP contribution in [0.4, 0.5) is 0 Å². The fourth-order valence-electron chi connectivity index (χ4n) is 3.45. The second-order valence-electron chi connectivity index (χ2n) is 8.35. The Morgan fingerprint density at radius 1 is 0.469 bits per heavy atom. The van der Waals surface area contributed by atoms with Gasteiger partial charge >= 0.3 is 11.9 Å². The van der Waals surface area contributed by atoms with Gasteiger partial charge in [-0.25, -0.2) is 0 Å². The van der Waals surface area contributed by atoms with E-state index in [-0.39, 0.29) is 24.4 Å². The van der Waals surface area contributed by atoms with Crippen LogP contribution in [-0.4, -0.2) is 36.7 Å². The average Bonchev–Trinajstić information content (AvgIpc) is 2.75. The summed E-state index contributed by atoms with van der Waals surface area (Å²) in [5.74, 6) is -1.29. The summed E-state index contributed by atoms with van der Waals surface area (Å²) < 4.78 is 10.3. The normalized spacial score (nSPS) is 23.2. The molecule has 0 spiro atoms. The summed E-state index contributed by atoms with van der Waals surface area (Å²) in [7, 11) is 0. The molecule has 0 aromatic carbocycles. The van der Waals surface area contributed by atoms with Crippen LogP contribution in [0.3, 0.4) is 0 Å². The molecule has 0 bridgehead atoms. The zero-order valence-corrected chi connectivity index (χ0v) is 19.5. The third-order valence-corrected chi connectivity index (χ3v) is 5.30. The first-order chi connectivity index (χ1) is 15.6. The van der Waals surface area contributed by atoms with Crippen molar-refractivity contribution in [2.75, 3.05) is 13.2 Å². The zero-order valence-electron chi connectivity index (χ0n) is 19.5. The Labute approximate surface area is 192 Å². The Kier molecular flexibility index (Phi) is 16.9. The number of hydrogen-bond donors (Lipinski definition) is 0. The summed E-state index contributed by atoms with van der Waals surface area (Å²) >= 11 is 0. The standard InChI is InChI=1S/C26H40O6/c27-23-17-13-9-5-1-3-7-11-15-19-31-26(30)22-24(28)18-14-10-6-2-4-8-12-16-20-32-25(29)21-23/h13-14,17-18H,1-12,15-16,19-22H2/b17-13+,18-14+. The van der Waals surface area contributed by atoms with Crippen molar-refractivity contribution in [2.24, 2.45) is 0 Å². The van der Waals surface area contributed by atoms with Gasteiger partial charge in [0.2, 0.25) is 0 Å². The second-order valence-corrected chi connectivity index (χ2v) is 8.35. The maximum atomic E-state index is 11.8. The number of ether oxygens (including phenoxy) is 2. The van der Waals surface area contributed by atoms with Crippen molar-refractivity contribution < 1.29 is 28.7 Å². The Morgan fingerprint density at radius 3 is 1.22 bits per heavy atom. The highest BCUT2D eigenvalue weighted by Crippen LogP contribution is 2.10. The van der Waals surface area contributed by atoms with Gasteiger partial charge in [0.25, 0.3) is 0 Å². The largest absolute Gasteiger partial charge is 0.465 e. The highest BCUT2D eigenvalue weighted by molar-refractivity contribution is 6.02. The van der Waals surface area contributed by atoms with Crippen LogP contribution in [0.15, 0.2) is 24.3 Å². The van der Waals surface area contributed by atoms with E-state index in [1.807, 2.05) is 12.2 Å². The van der Waals surface area contributed by atoms with Crippen molar-refractivity contribution in [2.45, 2.75) is 103 Å². The zero-order chi connectivity index (χ0) is 23.3. The van der Waals surface area contributed by atoms with Crippen molar-refractivity contribution in [3.8, 4) is 0 Å². The molecule has 1 heterocycles. The summed E-state index contributed by atoms with van der Waals surface area (Å²) in [5.41, 5.74) is 0. The summed E-state index contributed by atoms with van der Waals surface area (Å²) in [4.78, 5) is 47.0. The molecule has 0 saturated heterocycles. The second kappa shape index (κ2) is 19.4. The first-order valence-corrected chi connectivity index (χ1v) is 12.3. The van der Waals surface area contributed by atoms with Crippen molar-refractivity contribution in [1.82, 2.24) is 0 Å². The van der Waals surface area contributed by atoms with Crippen molar-refractivity contribution in [3.05, 3.63) is 24.3 Å². The fourth-order valence-corrected chi connectivity index (χ4v) is 3.45. The molecule has 180 valence electrons. The van der Waals surface area contributed by atoms with Gasteiger partial charge in [-0.3, -0.25) is 19.2 Å². The van der Waals surface area contributed by atoms with Gasteiger partial charge in [-0.1, -0.05) is 63.5 Å². The lowest BCUT2D eigenvalue weighted by Crippen LogP contribution is -2.10. The topological polar surface area (TPSA) is 86.7 Å². The van der Waals surface area contributed by atoms with E-state index in [0.29, 0.717) is 13.2 Å². The van der Waals surface area contributed by atoms with Gasteiger partial charge in [-0.15, -0.1) is 0 Å². The number of hydrogen-bond acceptors (Lipinski definition) is 6. The lowest BCUT2D eigenvalue weighted by molar-refractivity contribution is -0.146. The number of carbonyl (C=O) groups excluding carboxylic acids is 4. The molecule has 0 fully saturated rings. The third-order valence-electron chi connectivity index (χ3n) is 5.30. The number of allylic oxidation sites excluding steroid dienone is 4. The SMILES string of the molecule is O=C1/C=C/CCCCCCCCOC(=O)CC(=O)/C=C/CCCCCCCCOC(=O)C1. The molecule has 0 aliphatic carbocycles.